The van der Waals surface area contributed by atoms with Crippen LogP contribution in [0.1, 0.15) is 62.7 Å². The van der Waals surface area contributed by atoms with E-state index in [1.807, 2.05) is 30.6 Å². The molecule has 3 fully saturated rings. The first-order valence-corrected chi connectivity index (χ1v) is 16.3. The normalized spacial score (nSPS) is 27.0. The van der Waals surface area contributed by atoms with E-state index >= 15 is 0 Å². The number of carboxylic acid groups (broad SMARTS) is 1. The van der Waals surface area contributed by atoms with E-state index in [2.05, 4.69) is 36.8 Å². The highest BCUT2D eigenvalue weighted by molar-refractivity contribution is 5.86. The van der Waals surface area contributed by atoms with Gasteiger partial charge in [0.05, 0.1) is 35.7 Å². The van der Waals surface area contributed by atoms with Crippen molar-refractivity contribution >= 4 is 28.6 Å². The summed E-state index contributed by atoms with van der Waals surface area (Å²) in [7, 11) is 0. The number of nitrogens with zero attached hydrogens (tertiary/aromatic N) is 7. The van der Waals surface area contributed by atoms with Crippen LogP contribution in [-0.4, -0.2) is 85.0 Å². The first kappa shape index (κ1) is 28.2. The van der Waals surface area contributed by atoms with Gasteiger partial charge in [-0.1, -0.05) is 12.1 Å². The van der Waals surface area contributed by atoms with Crippen molar-refractivity contribution in [2.45, 2.75) is 64.0 Å². The number of phenols is 1. The van der Waals surface area contributed by atoms with Crippen LogP contribution in [0.15, 0.2) is 42.7 Å². The molecule has 1 atom stereocenters. The number of aromatic hydroxyl groups is 1. The van der Waals surface area contributed by atoms with Crippen molar-refractivity contribution in [1.82, 2.24) is 30.0 Å². The predicted octanol–water partition coefficient (Wildman–Crippen LogP) is 4.79. The first-order valence-electron chi connectivity index (χ1n) is 16.3. The highest BCUT2D eigenvalue weighted by atomic mass is 16.4. The minimum atomic E-state index is -0.613. The van der Waals surface area contributed by atoms with Gasteiger partial charge in [-0.3, -0.25) is 9.69 Å². The molecule has 3 N–H and O–H groups in total. The van der Waals surface area contributed by atoms with Gasteiger partial charge in [-0.15, -0.1) is 10.2 Å². The van der Waals surface area contributed by atoms with Crippen molar-refractivity contribution < 1.29 is 15.0 Å². The number of aromatic nitrogens is 5. The van der Waals surface area contributed by atoms with Crippen molar-refractivity contribution in [3.63, 3.8) is 0 Å². The molecule has 3 aromatic heterocycles. The van der Waals surface area contributed by atoms with Crippen LogP contribution in [0.4, 0.5) is 11.6 Å². The van der Waals surface area contributed by atoms with Crippen molar-refractivity contribution in [1.29, 1.82) is 0 Å². The standard InChI is InChI=1S/C34H40N8O3/c1-21-30-26-16-28(25-4-2-3-5-29(25)43)38-39-31(26)37-27(30)8-11-42(21)33-35-19-24(20-36-33)41-14-12-40(13-15-41)23-17-34(18-23)9-6-22(7-10-34)32(44)45/h2-5,16,19-23,43H,6-15,17-18H2,1H3,(H,37,39)(H,44,45)/t21-,22?,23?,34?/m1/s1. The van der Waals surface area contributed by atoms with Gasteiger partial charge in [0.2, 0.25) is 5.95 Å². The minimum Gasteiger partial charge on any atom is -0.507 e. The molecule has 11 heteroatoms. The van der Waals surface area contributed by atoms with E-state index in [0.717, 1.165) is 93.2 Å². The second-order valence-corrected chi connectivity index (χ2v) is 13.6. The zero-order valence-corrected chi connectivity index (χ0v) is 25.7. The summed E-state index contributed by atoms with van der Waals surface area (Å²) in [4.78, 5) is 31.8. The first-order chi connectivity index (χ1) is 21.9. The Morgan fingerprint density at radius 3 is 2.44 bits per heavy atom. The van der Waals surface area contributed by atoms with Crippen molar-refractivity contribution in [2.24, 2.45) is 11.3 Å². The summed E-state index contributed by atoms with van der Waals surface area (Å²) in [5, 5.41) is 29.6. The molecule has 0 unspecified atom stereocenters. The van der Waals surface area contributed by atoms with Crippen molar-refractivity contribution in [2.75, 3.05) is 42.5 Å². The zero-order chi connectivity index (χ0) is 30.7. The Balaban J connectivity index is 0.911. The molecule has 8 rings (SSSR count). The number of H-pyrrole nitrogens is 1. The molecule has 2 aliphatic heterocycles. The maximum absolute atomic E-state index is 11.3. The van der Waals surface area contributed by atoms with Crippen LogP contribution in [0.2, 0.25) is 0 Å². The van der Waals surface area contributed by atoms with Crippen LogP contribution < -0.4 is 9.80 Å². The van der Waals surface area contributed by atoms with E-state index in [4.69, 9.17) is 9.97 Å². The Morgan fingerprint density at radius 2 is 1.73 bits per heavy atom. The van der Waals surface area contributed by atoms with E-state index in [1.165, 1.54) is 18.4 Å². The third-order valence-electron chi connectivity index (χ3n) is 11.2. The maximum Gasteiger partial charge on any atom is 0.306 e. The number of carboxylic acids is 1. The van der Waals surface area contributed by atoms with Crippen molar-refractivity contribution in [3.8, 4) is 17.0 Å². The summed E-state index contributed by atoms with van der Waals surface area (Å²) in [5.41, 5.74) is 5.88. The molecule has 1 spiro atoms. The van der Waals surface area contributed by atoms with Gasteiger partial charge in [0.1, 0.15) is 5.75 Å². The highest BCUT2D eigenvalue weighted by Gasteiger charge is 2.49. The third-order valence-corrected chi connectivity index (χ3v) is 11.2. The molecule has 4 aromatic rings. The summed E-state index contributed by atoms with van der Waals surface area (Å²) < 4.78 is 0. The molecular weight excluding hydrogens is 568 g/mol. The maximum atomic E-state index is 11.3. The lowest BCUT2D eigenvalue weighted by Crippen LogP contribution is -2.57. The number of hydrogen-bond donors (Lipinski definition) is 3. The molecule has 0 radical (unpaired) electrons. The van der Waals surface area contributed by atoms with Crippen LogP contribution >= 0.6 is 0 Å². The molecule has 4 aliphatic rings. The molecular formula is C34H40N8O3. The van der Waals surface area contributed by atoms with Gasteiger partial charge < -0.3 is 25.0 Å². The number of anilines is 2. The average molecular weight is 609 g/mol. The number of phenolic OH excluding ortho intramolecular Hbond substituents is 1. The summed E-state index contributed by atoms with van der Waals surface area (Å²) in [6, 6.07) is 9.92. The molecule has 1 aromatic carbocycles. The lowest BCUT2D eigenvalue weighted by molar-refractivity contribution is -0.145. The van der Waals surface area contributed by atoms with Crippen LogP contribution in [0, 0.1) is 11.3 Å². The van der Waals surface area contributed by atoms with Crippen LogP contribution in [0.3, 0.4) is 0 Å². The third kappa shape index (κ3) is 4.97. The van der Waals surface area contributed by atoms with Gasteiger partial charge >= 0.3 is 5.97 Å². The summed E-state index contributed by atoms with van der Waals surface area (Å²) in [5.74, 6) is 0.173. The Labute approximate surface area is 262 Å². The number of benzene rings is 1. The van der Waals surface area contributed by atoms with Crippen LogP contribution in [0.5, 0.6) is 5.75 Å². The number of piperazine rings is 1. The number of rotatable bonds is 5. The number of aromatic amines is 1. The monoisotopic (exact) mass is 608 g/mol. The van der Waals surface area contributed by atoms with E-state index < -0.39 is 5.97 Å². The van der Waals surface area contributed by atoms with E-state index in [-0.39, 0.29) is 17.7 Å². The molecule has 1 saturated heterocycles. The lowest BCUT2D eigenvalue weighted by Gasteiger charge is -2.55. The molecule has 0 amide bonds. The van der Waals surface area contributed by atoms with Crippen LogP contribution in [-0.2, 0) is 11.2 Å². The Bertz CT molecular complexity index is 1720. The fourth-order valence-electron chi connectivity index (χ4n) is 8.47. The summed E-state index contributed by atoms with van der Waals surface area (Å²) in [6.45, 7) is 7.00. The SMILES string of the molecule is C[C@@H]1c2c([nH]c3nnc(-c4ccccc4O)cc23)CCN1c1ncc(N2CCN(C3CC4(CCC(C(=O)O)CC4)C3)CC2)cn1. The topological polar surface area (TPSA) is 135 Å². The minimum absolute atomic E-state index is 0.0447. The highest BCUT2D eigenvalue weighted by Crippen LogP contribution is 2.54. The lowest BCUT2D eigenvalue weighted by atomic mass is 9.56. The molecule has 234 valence electrons. The Hall–Kier alpha value is -4.25. The van der Waals surface area contributed by atoms with Gasteiger partial charge in [-0.25, -0.2) is 9.97 Å². The van der Waals surface area contributed by atoms with Gasteiger partial charge in [-0.05, 0) is 69.1 Å². The van der Waals surface area contributed by atoms with Gasteiger partial charge in [0, 0.05) is 67.4 Å². The molecule has 45 heavy (non-hydrogen) atoms. The van der Waals surface area contributed by atoms with Crippen molar-refractivity contribution in [3.05, 3.63) is 54.0 Å². The fourth-order valence-corrected chi connectivity index (χ4v) is 8.47. The number of aliphatic carboxylic acids is 1. The second-order valence-electron chi connectivity index (χ2n) is 13.6. The largest absolute Gasteiger partial charge is 0.507 e. The number of hydrogen-bond acceptors (Lipinski definition) is 9. The summed E-state index contributed by atoms with van der Waals surface area (Å²) in [6.07, 6.45) is 11.1. The van der Waals surface area contributed by atoms with Crippen LogP contribution in [0.25, 0.3) is 22.3 Å². The quantitative estimate of drug-likeness (QED) is 0.290. The van der Waals surface area contributed by atoms with Gasteiger partial charge in [-0.2, -0.15) is 0 Å². The average Bonchev–Trinajstić information content (AvgIpc) is 3.43. The number of carbonyl (C=O) groups is 1. The van der Waals surface area contributed by atoms with E-state index in [1.54, 1.807) is 12.1 Å². The fraction of sp³-hybridized carbons (Fsp3) is 0.500. The van der Waals surface area contributed by atoms with Gasteiger partial charge in [0.15, 0.2) is 5.65 Å². The zero-order valence-electron chi connectivity index (χ0n) is 25.7. The Morgan fingerprint density at radius 1 is 1.00 bits per heavy atom. The molecule has 0 bridgehead atoms. The smallest absolute Gasteiger partial charge is 0.306 e. The Kier molecular flexibility index (Phi) is 6.89. The number of nitrogens with one attached hydrogen (secondary N) is 1. The number of para-hydroxylation sites is 1. The molecule has 11 nitrogen and oxygen atoms in total. The second kappa shape index (κ2) is 11.0. The molecule has 2 saturated carbocycles. The van der Waals surface area contributed by atoms with E-state index in [0.29, 0.717) is 22.7 Å². The number of fused-ring (bicyclic) bond motifs is 3. The molecule has 2 aliphatic carbocycles. The summed E-state index contributed by atoms with van der Waals surface area (Å²) >= 11 is 0. The van der Waals surface area contributed by atoms with Gasteiger partial charge in [0.25, 0.3) is 0 Å². The molecule has 5 heterocycles. The van der Waals surface area contributed by atoms with E-state index in [9.17, 15) is 15.0 Å². The predicted molar refractivity (Wildman–Crippen MR) is 171 cm³/mol.